The van der Waals surface area contributed by atoms with E-state index in [2.05, 4.69) is 19.2 Å². The predicted octanol–water partition coefficient (Wildman–Crippen LogP) is 3.44. The first-order valence-corrected chi connectivity index (χ1v) is 7.24. The lowest BCUT2D eigenvalue weighted by Gasteiger charge is -2.12. The van der Waals surface area contributed by atoms with Crippen LogP contribution in [0.1, 0.15) is 33.6 Å². The van der Waals surface area contributed by atoms with Crippen molar-refractivity contribution in [1.82, 2.24) is 0 Å². The molecule has 1 rings (SSSR count). The Labute approximate surface area is 125 Å². The molecule has 1 atom stereocenters. The summed E-state index contributed by atoms with van der Waals surface area (Å²) in [5, 5.41) is 3.29. The van der Waals surface area contributed by atoms with Crippen molar-refractivity contribution >= 4 is 23.2 Å². The highest BCUT2D eigenvalue weighted by Crippen LogP contribution is 2.28. The van der Waals surface area contributed by atoms with Crippen LogP contribution in [-0.2, 0) is 4.79 Å². The largest absolute Gasteiger partial charge is 0.492 e. The van der Waals surface area contributed by atoms with Crippen molar-refractivity contribution < 1.29 is 9.53 Å². The van der Waals surface area contributed by atoms with E-state index in [-0.39, 0.29) is 11.9 Å². The van der Waals surface area contributed by atoms with E-state index in [1.54, 1.807) is 18.2 Å². The average Bonchev–Trinajstić information content (AvgIpc) is 2.35. The zero-order valence-corrected chi connectivity index (χ0v) is 13.0. The number of hydrogen-bond acceptors (Lipinski definition) is 3. The lowest BCUT2D eigenvalue weighted by atomic mass is 10.2. The average molecular weight is 299 g/mol. The van der Waals surface area contributed by atoms with Crippen LogP contribution < -0.4 is 15.8 Å². The van der Waals surface area contributed by atoms with Crippen molar-refractivity contribution in [3.63, 3.8) is 0 Å². The van der Waals surface area contributed by atoms with Gasteiger partial charge in [0.1, 0.15) is 5.75 Å². The minimum absolute atomic E-state index is 0.0242. The van der Waals surface area contributed by atoms with Crippen molar-refractivity contribution in [2.75, 3.05) is 11.9 Å². The fourth-order valence-corrected chi connectivity index (χ4v) is 1.77. The van der Waals surface area contributed by atoms with Gasteiger partial charge in [-0.05, 0) is 37.5 Å². The summed E-state index contributed by atoms with van der Waals surface area (Å²) in [6.07, 6.45) is 1.07. The van der Waals surface area contributed by atoms with Gasteiger partial charge in [-0.2, -0.15) is 0 Å². The molecule has 0 radical (unpaired) electrons. The fraction of sp³-hybridized carbons (Fsp3) is 0.533. The number of hydrogen-bond donors (Lipinski definition) is 2. The number of benzene rings is 1. The second-order valence-corrected chi connectivity index (χ2v) is 5.82. The van der Waals surface area contributed by atoms with Gasteiger partial charge in [0, 0.05) is 18.2 Å². The molecule has 1 amide bonds. The predicted molar refractivity (Wildman–Crippen MR) is 83.3 cm³/mol. The second-order valence-electron chi connectivity index (χ2n) is 5.41. The minimum atomic E-state index is -0.0609. The zero-order valence-electron chi connectivity index (χ0n) is 12.3. The van der Waals surface area contributed by atoms with Gasteiger partial charge in [-0.15, -0.1) is 0 Å². The standard InChI is InChI=1S/C15H23ClN2O2/c1-10(2)9-20-14-6-5-12(8-13(14)16)18-15(19)7-4-11(3)17/h5-6,8,10-11H,4,7,9,17H2,1-3H3,(H,18,19). The van der Waals surface area contributed by atoms with Gasteiger partial charge < -0.3 is 15.8 Å². The van der Waals surface area contributed by atoms with Crippen molar-refractivity contribution in [2.24, 2.45) is 11.7 Å². The highest BCUT2D eigenvalue weighted by atomic mass is 35.5. The topological polar surface area (TPSA) is 64.3 Å². The Kier molecular flexibility index (Phi) is 6.82. The van der Waals surface area contributed by atoms with E-state index in [0.717, 1.165) is 0 Å². The number of anilines is 1. The third-order valence-electron chi connectivity index (χ3n) is 2.61. The smallest absolute Gasteiger partial charge is 0.224 e. The molecule has 4 nitrogen and oxygen atoms in total. The Balaban J connectivity index is 2.56. The monoisotopic (exact) mass is 298 g/mol. The zero-order chi connectivity index (χ0) is 15.1. The number of nitrogens with one attached hydrogen (secondary N) is 1. The van der Waals surface area contributed by atoms with Gasteiger partial charge in [0.25, 0.3) is 0 Å². The van der Waals surface area contributed by atoms with E-state index in [4.69, 9.17) is 22.1 Å². The molecule has 1 aromatic rings. The summed E-state index contributed by atoms with van der Waals surface area (Å²) >= 11 is 6.13. The number of nitrogens with two attached hydrogens (primary N) is 1. The summed E-state index contributed by atoms with van der Waals surface area (Å²) in [5.74, 6) is 1.01. The van der Waals surface area contributed by atoms with Crippen molar-refractivity contribution in [1.29, 1.82) is 0 Å². The van der Waals surface area contributed by atoms with Gasteiger partial charge in [-0.3, -0.25) is 4.79 Å². The maximum Gasteiger partial charge on any atom is 0.224 e. The quantitative estimate of drug-likeness (QED) is 0.810. The number of carbonyl (C=O) groups excluding carboxylic acids is 1. The van der Waals surface area contributed by atoms with E-state index in [1.165, 1.54) is 0 Å². The summed E-state index contributed by atoms with van der Waals surface area (Å²) in [7, 11) is 0. The molecule has 3 N–H and O–H groups in total. The number of ether oxygens (including phenoxy) is 1. The van der Waals surface area contributed by atoms with Crippen LogP contribution in [-0.4, -0.2) is 18.6 Å². The van der Waals surface area contributed by atoms with Gasteiger partial charge in [0.05, 0.1) is 11.6 Å². The maximum atomic E-state index is 11.7. The van der Waals surface area contributed by atoms with Crippen LogP contribution in [0.3, 0.4) is 0 Å². The van der Waals surface area contributed by atoms with Gasteiger partial charge in [-0.25, -0.2) is 0 Å². The molecule has 0 heterocycles. The van der Waals surface area contributed by atoms with Gasteiger partial charge in [0.2, 0.25) is 5.91 Å². The summed E-state index contributed by atoms with van der Waals surface area (Å²) in [6.45, 7) is 6.63. The summed E-state index contributed by atoms with van der Waals surface area (Å²) in [5.41, 5.74) is 6.29. The number of carbonyl (C=O) groups is 1. The van der Waals surface area contributed by atoms with Gasteiger partial charge in [0.15, 0.2) is 0 Å². The van der Waals surface area contributed by atoms with Crippen LogP contribution in [0.4, 0.5) is 5.69 Å². The molecule has 0 saturated carbocycles. The third-order valence-corrected chi connectivity index (χ3v) is 2.91. The summed E-state index contributed by atoms with van der Waals surface area (Å²) in [6, 6.07) is 5.27. The van der Waals surface area contributed by atoms with Crippen molar-refractivity contribution in [2.45, 2.75) is 39.7 Å². The molecule has 1 unspecified atom stereocenters. The van der Waals surface area contributed by atoms with Crippen LogP contribution in [0.15, 0.2) is 18.2 Å². The Morgan fingerprint density at radius 1 is 1.40 bits per heavy atom. The van der Waals surface area contributed by atoms with Crippen LogP contribution in [0, 0.1) is 5.92 Å². The molecular weight excluding hydrogens is 276 g/mol. The third kappa shape index (κ3) is 6.26. The number of halogens is 1. The first kappa shape index (κ1) is 16.8. The first-order chi connectivity index (χ1) is 9.38. The van der Waals surface area contributed by atoms with E-state index in [9.17, 15) is 4.79 Å². The molecule has 0 aliphatic rings. The normalized spacial score (nSPS) is 12.3. The Bertz CT molecular complexity index is 447. The molecule has 0 fully saturated rings. The van der Waals surface area contributed by atoms with E-state index >= 15 is 0 Å². The van der Waals surface area contributed by atoms with E-state index in [0.29, 0.717) is 41.8 Å². The van der Waals surface area contributed by atoms with Crippen LogP contribution >= 0.6 is 11.6 Å². The molecule has 0 saturated heterocycles. The van der Waals surface area contributed by atoms with Gasteiger partial charge >= 0.3 is 0 Å². The van der Waals surface area contributed by atoms with Gasteiger partial charge in [-0.1, -0.05) is 25.4 Å². The first-order valence-electron chi connectivity index (χ1n) is 6.86. The molecule has 20 heavy (non-hydrogen) atoms. The molecular formula is C15H23ClN2O2. The lowest BCUT2D eigenvalue weighted by molar-refractivity contribution is -0.116. The van der Waals surface area contributed by atoms with Crippen molar-refractivity contribution in [3.05, 3.63) is 23.2 Å². The highest BCUT2D eigenvalue weighted by Gasteiger charge is 2.08. The summed E-state index contributed by atoms with van der Waals surface area (Å²) in [4.78, 5) is 11.7. The van der Waals surface area contributed by atoms with Crippen LogP contribution in [0.25, 0.3) is 0 Å². The maximum absolute atomic E-state index is 11.7. The fourth-order valence-electron chi connectivity index (χ4n) is 1.53. The van der Waals surface area contributed by atoms with Crippen LogP contribution in [0.5, 0.6) is 5.75 Å². The molecule has 5 heteroatoms. The second kappa shape index (κ2) is 8.12. The molecule has 0 aromatic heterocycles. The van der Waals surface area contributed by atoms with E-state index < -0.39 is 0 Å². The number of rotatable bonds is 7. The Hall–Kier alpha value is -1.26. The number of amides is 1. The Morgan fingerprint density at radius 2 is 2.10 bits per heavy atom. The molecule has 0 bridgehead atoms. The Morgan fingerprint density at radius 3 is 2.65 bits per heavy atom. The SMILES string of the molecule is CC(C)COc1ccc(NC(=O)CCC(C)N)cc1Cl. The lowest BCUT2D eigenvalue weighted by Crippen LogP contribution is -2.19. The summed E-state index contributed by atoms with van der Waals surface area (Å²) < 4.78 is 5.58. The molecule has 0 aliphatic carbocycles. The molecule has 112 valence electrons. The molecule has 0 aliphatic heterocycles. The molecule has 1 aromatic carbocycles. The van der Waals surface area contributed by atoms with Crippen molar-refractivity contribution in [3.8, 4) is 5.75 Å². The minimum Gasteiger partial charge on any atom is -0.492 e. The van der Waals surface area contributed by atoms with E-state index in [1.807, 2.05) is 6.92 Å². The molecule has 0 spiro atoms. The highest BCUT2D eigenvalue weighted by molar-refractivity contribution is 6.32. The van der Waals surface area contributed by atoms with Crippen LogP contribution in [0.2, 0.25) is 5.02 Å².